The van der Waals surface area contributed by atoms with Crippen LogP contribution in [0.3, 0.4) is 0 Å². The molecule has 0 saturated heterocycles. The second-order valence-electron chi connectivity index (χ2n) is 7.70. The maximum absolute atomic E-state index is 12.4. The SMILES string of the molecule is CCC(C)(CC)CC(=O)Nc1cccc(SCc2ccc3ccc(Cl)cc3n2)c1. The quantitative estimate of drug-likeness (QED) is 0.383. The molecule has 1 N–H and O–H groups in total. The van der Waals surface area contributed by atoms with Gasteiger partial charge in [0.25, 0.3) is 0 Å². The first-order chi connectivity index (χ1) is 13.9. The van der Waals surface area contributed by atoms with Crippen LogP contribution < -0.4 is 5.32 Å². The van der Waals surface area contributed by atoms with Gasteiger partial charge in [-0.25, -0.2) is 0 Å². The summed E-state index contributed by atoms with van der Waals surface area (Å²) in [5.74, 6) is 0.829. The lowest BCUT2D eigenvalue weighted by atomic mass is 9.81. The minimum absolute atomic E-state index is 0.0566. The highest BCUT2D eigenvalue weighted by molar-refractivity contribution is 7.98. The smallest absolute Gasteiger partial charge is 0.224 e. The van der Waals surface area contributed by atoms with Crippen molar-refractivity contribution in [2.45, 2.75) is 50.7 Å². The first-order valence-corrected chi connectivity index (χ1v) is 11.3. The zero-order chi connectivity index (χ0) is 20.9. The number of rotatable bonds is 8. The number of nitrogens with one attached hydrogen (secondary N) is 1. The summed E-state index contributed by atoms with van der Waals surface area (Å²) in [6.45, 7) is 6.45. The normalized spacial score (nSPS) is 11.6. The van der Waals surface area contributed by atoms with Crippen molar-refractivity contribution in [3.05, 3.63) is 65.3 Å². The van der Waals surface area contributed by atoms with Gasteiger partial charge in [-0.1, -0.05) is 63.4 Å². The molecule has 0 unspecified atom stereocenters. The van der Waals surface area contributed by atoms with E-state index in [4.69, 9.17) is 16.6 Å². The Bertz CT molecular complexity index is 1000. The average molecular weight is 427 g/mol. The van der Waals surface area contributed by atoms with Crippen LogP contribution in [-0.4, -0.2) is 10.9 Å². The average Bonchev–Trinajstić information content (AvgIpc) is 2.72. The molecule has 3 rings (SSSR count). The zero-order valence-electron chi connectivity index (χ0n) is 17.2. The molecule has 0 saturated carbocycles. The van der Waals surface area contributed by atoms with E-state index < -0.39 is 0 Å². The lowest BCUT2D eigenvalue weighted by Gasteiger charge is -2.25. The number of halogens is 1. The Morgan fingerprint density at radius 3 is 2.62 bits per heavy atom. The molecular formula is C24H27ClN2OS. The van der Waals surface area contributed by atoms with Crippen LogP contribution >= 0.6 is 23.4 Å². The largest absolute Gasteiger partial charge is 0.326 e. The van der Waals surface area contributed by atoms with E-state index in [0.29, 0.717) is 11.4 Å². The molecule has 1 amide bonds. The van der Waals surface area contributed by atoms with E-state index in [1.54, 1.807) is 11.8 Å². The second-order valence-corrected chi connectivity index (χ2v) is 9.18. The fraction of sp³-hybridized carbons (Fsp3) is 0.333. The molecule has 0 aliphatic carbocycles. The van der Waals surface area contributed by atoms with Crippen molar-refractivity contribution in [1.82, 2.24) is 4.98 Å². The van der Waals surface area contributed by atoms with Gasteiger partial charge in [-0.05, 0) is 41.8 Å². The summed E-state index contributed by atoms with van der Waals surface area (Å²) in [5, 5.41) is 4.83. The number of hydrogen-bond donors (Lipinski definition) is 1. The number of amides is 1. The van der Waals surface area contributed by atoms with Crippen LogP contribution in [0, 0.1) is 5.41 Å². The third kappa shape index (κ3) is 5.97. The van der Waals surface area contributed by atoms with Gasteiger partial charge < -0.3 is 5.32 Å². The van der Waals surface area contributed by atoms with Crippen LogP contribution in [0.5, 0.6) is 0 Å². The third-order valence-electron chi connectivity index (χ3n) is 5.51. The van der Waals surface area contributed by atoms with Crippen molar-refractivity contribution in [3.63, 3.8) is 0 Å². The molecular weight excluding hydrogens is 400 g/mol. The number of aromatic nitrogens is 1. The van der Waals surface area contributed by atoms with Gasteiger partial charge in [0.1, 0.15) is 0 Å². The molecule has 3 aromatic rings. The first kappa shape index (κ1) is 21.7. The number of hydrogen-bond acceptors (Lipinski definition) is 3. The predicted molar refractivity (Wildman–Crippen MR) is 125 cm³/mol. The van der Waals surface area contributed by atoms with Gasteiger partial charge >= 0.3 is 0 Å². The van der Waals surface area contributed by atoms with Gasteiger partial charge in [0.05, 0.1) is 11.2 Å². The van der Waals surface area contributed by atoms with Crippen molar-refractivity contribution >= 4 is 45.9 Å². The monoisotopic (exact) mass is 426 g/mol. The highest BCUT2D eigenvalue weighted by Crippen LogP contribution is 2.31. The Hall–Kier alpha value is -2.04. The number of pyridine rings is 1. The molecule has 0 aliphatic rings. The van der Waals surface area contributed by atoms with Gasteiger partial charge in [-0.2, -0.15) is 0 Å². The van der Waals surface area contributed by atoms with Gasteiger partial charge in [0.2, 0.25) is 5.91 Å². The number of carbonyl (C=O) groups excluding carboxylic acids is 1. The molecule has 0 atom stereocenters. The number of nitrogens with zero attached hydrogens (tertiary/aromatic N) is 1. The van der Waals surface area contributed by atoms with E-state index in [0.717, 1.165) is 45.8 Å². The van der Waals surface area contributed by atoms with E-state index in [9.17, 15) is 4.79 Å². The number of thioether (sulfide) groups is 1. The van der Waals surface area contributed by atoms with Gasteiger partial charge in [-0.3, -0.25) is 9.78 Å². The number of anilines is 1. The molecule has 1 aromatic heterocycles. The number of carbonyl (C=O) groups is 1. The summed E-state index contributed by atoms with van der Waals surface area (Å²) in [6.07, 6.45) is 2.54. The lowest BCUT2D eigenvalue weighted by molar-refractivity contribution is -0.118. The molecule has 1 heterocycles. The molecule has 0 fully saturated rings. The van der Waals surface area contributed by atoms with Gasteiger partial charge in [-0.15, -0.1) is 11.8 Å². The van der Waals surface area contributed by atoms with Gasteiger partial charge in [0, 0.05) is 33.2 Å². The summed E-state index contributed by atoms with van der Waals surface area (Å²) < 4.78 is 0. The minimum Gasteiger partial charge on any atom is -0.326 e. The maximum Gasteiger partial charge on any atom is 0.224 e. The highest BCUT2D eigenvalue weighted by atomic mass is 35.5. The summed E-state index contributed by atoms with van der Waals surface area (Å²) in [6, 6.07) is 17.9. The topological polar surface area (TPSA) is 42.0 Å². The summed E-state index contributed by atoms with van der Waals surface area (Å²) >= 11 is 7.78. The first-order valence-electron chi connectivity index (χ1n) is 9.99. The van der Waals surface area contributed by atoms with E-state index in [1.165, 1.54) is 0 Å². The molecule has 0 spiro atoms. The molecule has 3 nitrogen and oxygen atoms in total. The highest BCUT2D eigenvalue weighted by Gasteiger charge is 2.23. The van der Waals surface area contributed by atoms with Crippen LogP contribution in [0.4, 0.5) is 5.69 Å². The maximum atomic E-state index is 12.4. The second kappa shape index (κ2) is 9.64. The fourth-order valence-corrected chi connectivity index (χ4v) is 4.15. The molecule has 0 aliphatic heterocycles. The van der Waals surface area contributed by atoms with Crippen LogP contribution in [-0.2, 0) is 10.5 Å². The molecule has 2 aromatic carbocycles. The van der Waals surface area contributed by atoms with Crippen molar-refractivity contribution in [2.75, 3.05) is 5.32 Å². The van der Waals surface area contributed by atoms with Crippen molar-refractivity contribution in [1.29, 1.82) is 0 Å². The summed E-state index contributed by atoms with van der Waals surface area (Å²) in [4.78, 5) is 18.3. The van der Waals surface area contributed by atoms with Crippen molar-refractivity contribution in [3.8, 4) is 0 Å². The van der Waals surface area contributed by atoms with E-state index in [-0.39, 0.29) is 11.3 Å². The standard InChI is InChI=1S/C24H27ClN2OS/c1-4-24(3,5-2)15-23(28)27-19-7-6-8-21(14-19)29-16-20-12-10-17-9-11-18(25)13-22(17)26-20/h6-14H,4-5,15-16H2,1-3H3,(H,27,28). The van der Waals surface area contributed by atoms with Crippen LogP contribution in [0.1, 0.15) is 45.7 Å². The van der Waals surface area contributed by atoms with Crippen molar-refractivity contribution < 1.29 is 4.79 Å². The van der Waals surface area contributed by atoms with Crippen LogP contribution in [0.15, 0.2) is 59.5 Å². The Balaban J connectivity index is 1.63. The van der Waals surface area contributed by atoms with Crippen molar-refractivity contribution in [2.24, 2.45) is 5.41 Å². The fourth-order valence-electron chi connectivity index (χ4n) is 3.13. The summed E-state index contributed by atoms with van der Waals surface area (Å²) in [7, 11) is 0. The Kier molecular flexibility index (Phi) is 7.20. The minimum atomic E-state index is 0.0566. The number of fused-ring (bicyclic) bond motifs is 1. The molecule has 29 heavy (non-hydrogen) atoms. The van der Waals surface area contributed by atoms with Crippen LogP contribution in [0.25, 0.3) is 10.9 Å². The molecule has 0 radical (unpaired) electrons. The van der Waals surface area contributed by atoms with E-state index in [2.05, 4.69) is 38.2 Å². The van der Waals surface area contributed by atoms with E-state index >= 15 is 0 Å². The lowest BCUT2D eigenvalue weighted by Crippen LogP contribution is -2.23. The molecule has 0 bridgehead atoms. The van der Waals surface area contributed by atoms with E-state index in [1.807, 2.05) is 42.5 Å². The molecule has 5 heteroatoms. The Labute approximate surface area is 182 Å². The number of benzene rings is 2. The van der Waals surface area contributed by atoms with Crippen LogP contribution in [0.2, 0.25) is 5.02 Å². The predicted octanol–water partition coefficient (Wildman–Crippen LogP) is 7.34. The third-order valence-corrected chi connectivity index (χ3v) is 6.77. The summed E-state index contributed by atoms with van der Waals surface area (Å²) in [5.41, 5.74) is 2.81. The Morgan fingerprint density at radius 2 is 1.86 bits per heavy atom. The molecule has 152 valence electrons. The van der Waals surface area contributed by atoms with Gasteiger partial charge in [0.15, 0.2) is 0 Å². The Morgan fingerprint density at radius 1 is 1.10 bits per heavy atom. The zero-order valence-corrected chi connectivity index (χ0v) is 18.7.